The van der Waals surface area contributed by atoms with E-state index < -0.39 is 17.6 Å². The monoisotopic (exact) mass is 461 g/mol. The number of fused-ring (bicyclic) bond motifs is 1. The third-order valence-corrected chi connectivity index (χ3v) is 4.71. The Labute approximate surface area is 184 Å². The fourth-order valence-corrected chi connectivity index (χ4v) is 3.13. The molecule has 164 valence electrons. The van der Waals surface area contributed by atoms with Crippen LogP contribution in [0.25, 0.3) is 11.0 Å². The summed E-state index contributed by atoms with van der Waals surface area (Å²) >= 11 is 6.03. The van der Waals surface area contributed by atoms with Crippen LogP contribution in [-0.2, 0) is 17.4 Å². The van der Waals surface area contributed by atoms with Gasteiger partial charge in [0, 0.05) is 18.3 Å². The van der Waals surface area contributed by atoms with E-state index in [9.17, 15) is 18.0 Å². The molecule has 7 nitrogen and oxygen atoms in total. The highest BCUT2D eigenvalue weighted by atomic mass is 35.5. The average Bonchev–Trinajstić information content (AvgIpc) is 3.10. The number of pyridine rings is 1. The molecule has 0 spiro atoms. The number of carbonyl (C=O) groups is 1. The lowest BCUT2D eigenvalue weighted by molar-refractivity contribution is -0.137. The van der Waals surface area contributed by atoms with Crippen molar-refractivity contribution >= 4 is 40.2 Å². The van der Waals surface area contributed by atoms with Gasteiger partial charge in [-0.15, -0.1) is 0 Å². The van der Waals surface area contributed by atoms with Gasteiger partial charge in [-0.3, -0.25) is 9.78 Å². The second-order valence-electron chi connectivity index (χ2n) is 6.81. The molecule has 32 heavy (non-hydrogen) atoms. The topological polar surface area (TPSA) is 106 Å². The van der Waals surface area contributed by atoms with E-state index in [1.807, 2.05) is 0 Å². The van der Waals surface area contributed by atoms with Gasteiger partial charge in [0.2, 0.25) is 11.9 Å². The number of aromatic amines is 1. The van der Waals surface area contributed by atoms with E-state index in [2.05, 4.69) is 20.3 Å². The maximum Gasteiger partial charge on any atom is 0.416 e. The van der Waals surface area contributed by atoms with Crippen molar-refractivity contribution in [3.63, 3.8) is 0 Å². The predicted octanol–water partition coefficient (Wildman–Crippen LogP) is 5.19. The SMILES string of the molecule is NC(=O)Cc1cc(Oc2ccc3nc(Nc4cc(C(F)(F)F)ccc4Cl)[nH]c3c2)ccn1. The zero-order chi connectivity index (χ0) is 22.9. The molecule has 0 saturated carbocycles. The van der Waals surface area contributed by atoms with Crippen LogP contribution in [0.1, 0.15) is 11.3 Å². The summed E-state index contributed by atoms with van der Waals surface area (Å²) in [6.07, 6.45) is -3.00. The van der Waals surface area contributed by atoms with Crippen molar-refractivity contribution in [1.29, 1.82) is 0 Å². The van der Waals surface area contributed by atoms with Gasteiger partial charge in [0.05, 0.1) is 39.4 Å². The van der Waals surface area contributed by atoms with Gasteiger partial charge >= 0.3 is 6.18 Å². The number of H-pyrrole nitrogens is 1. The minimum atomic E-state index is -4.49. The zero-order valence-corrected chi connectivity index (χ0v) is 17.0. The van der Waals surface area contributed by atoms with Crippen molar-refractivity contribution < 1.29 is 22.7 Å². The Morgan fingerprint density at radius 1 is 1.12 bits per heavy atom. The van der Waals surface area contributed by atoms with Crippen molar-refractivity contribution in [2.45, 2.75) is 12.6 Å². The molecule has 0 aliphatic heterocycles. The Bertz CT molecular complexity index is 1310. The lowest BCUT2D eigenvalue weighted by Crippen LogP contribution is -2.14. The standard InChI is InChI=1S/C21H15ClF3N5O2/c22-15-3-1-11(21(23,24)25)7-17(15)29-20-28-16-4-2-13(10-18(16)30-20)32-14-5-6-27-12(8-14)9-19(26)31/h1-8,10H,9H2,(H2,26,31)(H2,28,29,30). The number of hydrogen-bond acceptors (Lipinski definition) is 5. The fourth-order valence-electron chi connectivity index (χ4n) is 2.97. The van der Waals surface area contributed by atoms with Crippen LogP contribution >= 0.6 is 11.6 Å². The smallest absolute Gasteiger partial charge is 0.416 e. The predicted molar refractivity (Wildman–Crippen MR) is 113 cm³/mol. The molecule has 0 atom stereocenters. The minimum absolute atomic E-state index is 0.0100. The van der Waals surface area contributed by atoms with E-state index in [0.717, 1.165) is 12.1 Å². The largest absolute Gasteiger partial charge is 0.457 e. The number of carbonyl (C=O) groups excluding carboxylic acids is 1. The number of imidazole rings is 1. The first-order valence-corrected chi connectivity index (χ1v) is 9.60. The second-order valence-corrected chi connectivity index (χ2v) is 7.22. The van der Waals surface area contributed by atoms with Gasteiger partial charge in [-0.05, 0) is 36.4 Å². The summed E-state index contributed by atoms with van der Waals surface area (Å²) in [6.45, 7) is 0. The van der Waals surface area contributed by atoms with Gasteiger partial charge in [-0.2, -0.15) is 13.2 Å². The van der Waals surface area contributed by atoms with Gasteiger partial charge < -0.3 is 20.8 Å². The number of benzene rings is 2. The van der Waals surface area contributed by atoms with Gasteiger partial charge in [0.1, 0.15) is 11.5 Å². The third kappa shape index (κ3) is 4.92. The molecule has 4 aromatic rings. The maximum atomic E-state index is 13.0. The Morgan fingerprint density at radius 3 is 2.66 bits per heavy atom. The van der Waals surface area contributed by atoms with Crippen LogP contribution in [0.15, 0.2) is 54.7 Å². The van der Waals surface area contributed by atoms with Crippen LogP contribution in [0.2, 0.25) is 5.02 Å². The van der Waals surface area contributed by atoms with Crippen LogP contribution in [0, 0.1) is 0 Å². The Morgan fingerprint density at radius 2 is 1.91 bits per heavy atom. The molecule has 1 amide bonds. The number of alkyl halides is 3. The van der Waals surface area contributed by atoms with E-state index in [-0.39, 0.29) is 23.1 Å². The number of ether oxygens (including phenoxy) is 1. The number of hydrogen-bond donors (Lipinski definition) is 3. The quantitative estimate of drug-likeness (QED) is 0.366. The molecule has 2 aromatic heterocycles. The number of halogens is 4. The molecule has 0 bridgehead atoms. The van der Waals surface area contributed by atoms with Crippen molar-refractivity contribution in [2.24, 2.45) is 5.73 Å². The minimum Gasteiger partial charge on any atom is -0.457 e. The van der Waals surface area contributed by atoms with Crippen molar-refractivity contribution in [2.75, 3.05) is 5.32 Å². The molecular weight excluding hydrogens is 447 g/mol. The van der Waals surface area contributed by atoms with Gasteiger partial charge in [-0.1, -0.05) is 11.6 Å². The first-order valence-electron chi connectivity index (χ1n) is 9.22. The first-order chi connectivity index (χ1) is 15.2. The number of aromatic nitrogens is 3. The average molecular weight is 462 g/mol. The van der Waals surface area contributed by atoms with E-state index in [1.54, 1.807) is 30.3 Å². The summed E-state index contributed by atoms with van der Waals surface area (Å²) in [6, 6.07) is 11.3. The van der Waals surface area contributed by atoms with Crippen molar-refractivity contribution in [3.05, 3.63) is 71.0 Å². The summed E-state index contributed by atoms with van der Waals surface area (Å²) in [5.41, 5.74) is 6.04. The van der Waals surface area contributed by atoms with Gasteiger partial charge in [0.15, 0.2) is 0 Å². The number of anilines is 2. The van der Waals surface area contributed by atoms with Gasteiger partial charge in [-0.25, -0.2) is 4.98 Å². The molecule has 2 aromatic carbocycles. The van der Waals surface area contributed by atoms with Crippen LogP contribution in [0.3, 0.4) is 0 Å². The zero-order valence-electron chi connectivity index (χ0n) is 16.2. The molecule has 4 rings (SSSR count). The highest BCUT2D eigenvalue weighted by Gasteiger charge is 2.31. The summed E-state index contributed by atoms with van der Waals surface area (Å²) in [5.74, 6) is 0.644. The maximum absolute atomic E-state index is 13.0. The highest BCUT2D eigenvalue weighted by molar-refractivity contribution is 6.33. The van der Waals surface area contributed by atoms with Crippen LogP contribution in [0.4, 0.5) is 24.8 Å². The molecule has 2 heterocycles. The lowest BCUT2D eigenvalue weighted by Gasteiger charge is -2.10. The van der Waals surface area contributed by atoms with Crippen molar-refractivity contribution in [1.82, 2.24) is 15.0 Å². The summed E-state index contributed by atoms with van der Waals surface area (Å²) in [4.78, 5) is 22.4. The van der Waals surface area contributed by atoms with Gasteiger partial charge in [0.25, 0.3) is 0 Å². The summed E-state index contributed by atoms with van der Waals surface area (Å²) in [5, 5.41) is 2.90. The Hall–Kier alpha value is -3.79. The number of nitrogens with zero attached hydrogens (tertiary/aromatic N) is 2. The Kier molecular flexibility index (Phi) is 5.62. The summed E-state index contributed by atoms with van der Waals surface area (Å²) in [7, 11) is 0. The Balaban J connectivity index is 1.56. The highest BCUT2D eigenvalue weighted by Crippen LogP contribution is 2.35. The third-order valence-electron chi connectivity index (χ3n) is 4.38. The van der Waals surface area contributed by atoms with E-state index in [0.29, 0.717) is 28.2 Å². The van der Waals surface area contributed by atoms with E-state index in [4.69, 9.17) is 22.1 Å². The van der Waals surface area contributed by atoms with Crippen molar-refractivity contribution in [3.8, 4) is 11.5 Å². The number of amides is 1. The molecule has 0 fully saturated rings. The molecular formula is C21H15ClF3N5O2. The normalized spacial score (nSPS) is 11.5. The number of primary amides is 1. The number of nitrogens with one attached hydrogen (secondary N) is 2. The van der Waals surface area contributed by atoms with Crippen LogP contribution < -0.4 is 15.8 Å². The fraction of sp³-hybridized carbons (Fsp3) is 0.0952. The molecule has 11 heteroatoms. The molecule has 0 aliphatic carbocycles. The molecule has 0 aliphatic rings. The van der Waals surface area contributed by atoms with E-state index in [1.165, 1.54) is 12.3 Å². The van der Waals surface area contributed by atoms with Crippen LogP contribution in [0.5, 0.6) is 11.5 Å². The second kappa shape index (κ2) is 8.39. The van der Waals surface area contributed by atoms with E-state index >= 15 is 0 Å². The summed E-state index contributed by atoms with van der Waals surface area (Å²) < 4.78 is 44.7. The lowest BCUT2D eigenvalue weighted by atomic mass is 10.2. The van der Waals surface area contributed by atoms with Crippen LogP contribution in [-0.4, -0.2) is 20.9 Å². The number of rotatable bonds is 6. The molecule has 0 radical (unpaired) electrons. The number of nitrogens with two attached hydrogens (primary N) is 1. The molecule has 0 saturated heterocycles. The molecule has 0 unspecified atom stereocenters. The molecule has 4 N–H and O–H groups in total. The first kappa shape index (κ1) is 21.4.